The van der Waals surface area contributed by atoms with Crippen molar-refractivity contribution in [2.24, 2.45) is 7.05 Å². The van der Waals surface area contributed by atoms with Crippen molar-refractivity contribution in [2.45, 2.75) is 25.8 Å². The molecule has 1 atom stereocenters. The summed E-state index contributed by atoms with van der Waals surface area (Å²) in [5.41, 5.74) is -5.27. The fourth-order valence-electron chi connectivity index (χ4n) is 3.05. The van der Waals surface area contributed by atoms with Crippen molar-refractivity contribution in [1.82, 2.24) is 9.13 Å². The summed E-state index contributed by atoms with van der Waals surface area (Å²) in [6, 6.07) is 4.97. The fourth-order valence-corrected chi connectivity index (χ4v) is 3.25. The van der Waals surface area contributed by atoms with Crippen LogP contribution in [0.1, 0.15) is 18.2 Å². The highest BCUT2D eigenvalue weighted by Gasteiger charge is 2.35. The van der Waals surface area contributed by atoms with Crippen molar-refractivity contribution >= 4 is 17.6 Å². The molecular weight excluding hydrogens is 519 g/mol. The van der Waals surface area contributed by atoms with E-state index in [0.29, 0.717) is 6.07 Å². The van der Waals surface area contributed by atoms with Crippen LogP contribution in [0.15, 0.2) is 46.0 Å². The molecule has 0 saturated carbocycles. The molecule has 1 heterocycles. The van der Waals surface area contributed by atoms with Crippen LogP contribution in [-0.4, -0.2) is 21.2 Å². The molecule has 0 aliphatic heterocycles. The van der Waals surface area contributed by atoms with E-state index >= 15 is 0 Å². The van der Waals surface area contributed by atoms with Gasteiger partial charge in [-0.05, 0) is 25.1 Å². The Kier molecular flexibility index (Phi) is 7.43. The number of aliphatic carboxylic acids is 1. The fraction of sp³-hybridized carbons (Fsp3) is 0.227. The largest absolute Gasteiger partial charge is 0.546 e. The lowest BCUT2D eigenvalue weighted by molar-refractivity contribution is -0.312. The summed E-state index contributed by atoms with van der Waals surface area (Å²) >= 11 is 5.94. The highest BCUT2D eigenvalue weighted by Crippen LogP contribution is 2.31. The Hall–Kier alpha value is -3.87. The number of nitrogens with zero attached hydrogens (tertiary/aromatic N) is 2. The van der Waals surface area contributed by atoms with E-state index in [4.69, 9.17) is 21.1 Å². The third kappa shape index (κ3) is 5.51. The summed E-state index contributed by atoms with van der Waals surface area (Å²) in [6.07, 6.45) is -6.35. The Labute approximate surface area is 203 Å². The normalized spacial score (nSPS) is 12.3. The van der Waals surface area contributed by atoms with Gasteiger partial charge in [0.1, 0.15) is 41.5 Å². The van der Waals surface area contributed by atoms with Gasteiger partial charge < -0.3 is 19.4 Å². The molecule has 0 bridgehead atoms. The van der Waals surface area contributed by atoms with Crippen LogP contribution in [0.25, 0.3) is 5.69 Å². The first kappa shape index (κ1) is 26.7. The standard InChI is InChI=1S/C22H16ClF5N2O6/c1-10(20(32)33)36-12-4-3-11(14(24)5-12)9-35-17-7-16(15(25)6-13(17)23)30-19(31)8-18(22(26,27)28)29(2)21(30)34/h3-8,10H,9H2,1-2H3,(H,32,33)/p-1. The average Bonchev–Trinajstić information content (AvgIpc) is 2.77. The minimum Gasteiger partial charge on any atom is -0.546 e. The van der Waals surface area contributed by atoms with Gasteiger partial charge in [-0.1, -0.05) is 11.6 Å². The molecule has 1 aromatic heterocycles. The topological polar surface area (TPSA) is 103 Å². The van der Waals surface area contributed by atoms with Crippen LogP contribution in [0.5, 0.6) is 11.5 Å². The summed E-state index contributed by atoms with van der Waals surface area (Å²) in [5.74, 6) is -3.99. The van der Waals surface area contributed by atoms with E-state index in [2.05, 4.69) is 0 Å². The molecule has 0 saturated heterocycles. The second-order valence-electron chi connectivity index (χ2n) is 7.40. The van der Waals surface area contributed by atoms with Crippen LogP contribution < -0.4 is 25.8 Å². The van der Waals surface area contributed by atoms with Crippen LogP contribution in [-0.2, 0) is 24.6 Å². The molecule has 0 spiro atoms. The zero-order chi connectivity index (χ0) is 26.9. The molecule has 0 aliphatic carbocycles. The summed E-state index contributed by atoms with van der Waals surface area (Å²) in [7, 11) is 0.760. The van der Waals surface area contributed by atoms with Gasteiger partial charge in [0, 0.05) is 30.8 Å². The predicted molar refractivity (Wildman–Crippen MR) is 113 cm³/mol. The van der Waals surface area contributed by atoms with Crippen molar-refractivity contribution in [2.75, 3.05) is 0 Å². The molecular formula is C22H15ClF5N2O6-. The van der Waals surface area contributed by atoms with Gasteiger partial charge in [0.2, 0.25) is 0 Å². The number of ether oxygens (including phenoxy) is 2. The SMILES string of the molecule is CC(Oc1ccc(COc2cc(-n3c(=O)cc(C(F)(F)F)n(C)c3=O)c(F)cc2Cl)c(F)c1)C(=O)[O-]. The summed E-state index contributed by atoms with van der Waals surface area (Å²) in [6.45, 7) is 0.695. The number of halogens is 6. The molecule has 192 valence electrons. The molecule has 8 nitrogen and oxygen atoms in total. The van der Waals surface area contributed by atoms with E-state index in [9.17, 15) is 41.4 Å². The Morgan fingerprint density at radius 3 is 2.36 bits per heavy atom. The molecule has 0 radical (unpaired) electrons. The molecule has 0 amide bonds. The van der Waals surface area contributed by atoms with E-state index in [-0.39, 0.29) is 37.3 Å². The van der Waals surface area contributed by atoms with Crippen LogP contribution in [0, 0.1) is 11.6 Å². The minimum absolute atomic E-state index is 0.0620. The maximum atomic E-state index is 14.6. The van der Waals surface area contributed by atoms with Crippen molar-refractivity contribution in [1.29, 1.82) is 0 Å². The van der Waals surface area contributed by atoms with Crippen molar-refractivity contribution in [3.63, 3.8) is 0 Å². The van der Waals surface area contributed by atoms with E-state index in [1.165, 1.54) is 19.1 Å². The zero-order valence-corrected chi connectivity index (χ0v) is 19.1. The second-order valence-corrected chi connectivity index (χ2v) is 7.80. The van der Waals surface area contributed by atoms with Gasteiger partial charge in [-0.25, -0.2) is 18.1 Å². The molecule has 3 rings (SSSR count). The smallest absolute Gasteiger partial charge is 0.431 e. The Balaban J connectivity index is 1.94. The number of benzene rings is 2. The number of carbonyl (C=O) groups is 1. The van der Waals surface area contributed by atoms with E-state index in [1.807, 2.05) is 0 Å². The molecule has 0 aliphatic rings. The van der Waals surface area contributed by atoms with E-state index < -0.39 is 59.1 Å². The third-order valence-corrected chi connectivity index (χ3v) is 5.20. The first-order valence-electron chi connectivity index (χ1n) is 9.89. The molecule has 3 aromatic rings. The lowest BCUT2D eigenvalue weighted by Gasteiger charge is -2.17. The number of carboxylic acid groups (broad SMARTS) is 1. The van der Waals surface area contributed by atoms with Crippen LogP contribution >= 0.6 is 11.6 Å². The lowest BCUT2D eigenvalue weighted by atomic mass is 10.2. The molecule has 2 aromatic carbocycles. The second kappa shape index (κ2) is 10.0. The number of aromatic nitrogens is 2. The van der Waals surface area contributed by atoms with Gasteiger partial charge in [0.05, 0.1) is 16.7 Å². The summed E-state index contributed by atoms with van der Waals surface area (Å²) in [5, 5.41) is 10.4. The van der Waals surface area contributed by atoms with Gasteiger partial charge in [-0.3, -0.25) is 9.36 Å². The van der Waals surface area contributed by atoms with Gasteiger partial charge in [0.25, 0.3) is 5.56 Å². The third-order valence-electron chi connectivity index (χ3n) is 4.91. The average molecular weight is 534 g/mol. The number of carbonyl (C=O) groups excluding carboxylic acids is 1. The molecule has 14 heteroatoms. The lowest BCUT2D eigenvalue weighted by Crippen LogP contribution is -2.41. The predicted octanol–water partition coefficient (Wildman–Crippen LogP) is 2.58. The Morgan fingerprint density at radius 1 is 1.11 bits per heavy atom. The van der Waals surface area contributed by atoms with Crippen LogP contribution in [0.2, 0.25) is 5.02 Å². The quantitative estimate of drug-likeness (QED) is 0.433. The Bertz CT molecular complexity index is 1450. The number of carboxylic acids is 1. The number of hydrogen-bond donors (Lipinski definition) is 0. The maximum Gasteiger partial charge on any atom is 0.431 e. The van der Waals surface area contributed by atoms with E-state index in [1.54, 1.807) is 0 Å². The van der Waals surface area contributed by atoms with Crippen molar-refractivity contribution in [3.8, 4) is 17.2 Å². The maximum absolute atomic E-state index is 14.6. The van der Waals surface area contributed by atoms with Crippen LogP contribution in [0.4, 0.5) is 22.0 Å². The molecule has 0 N–H and O–H groups in total. The van der Waals surface area contributed by atoms with Gasteiger partial charge in [-0.15, -0.1) is 0 Å². The summed E-state index contributed by atoms with van der Waals surface area (Å²) in [4.78, 5) is 35.5. The monoisotopic (exact) mass is 533 g/mol. The summed E-state index contributed by atoms with van der Waals surface area (Å²) < 4.78 is 78.9. The number of rotatable bonds is 7. The minimum atomic E-state index is -5.01. The van der Waals surface area contributed by atoms with Gasteiger partial charge in [0.15, 0.2) is 0 Å². The zero-order valence-electron chi connectivity index (χ0n) is 18.4. The first-order valence-corrected chi connectivity index (χ1v) is 10.3. The van der Waals surface area contributed by atoms with Gasteiger partial charge in [-0.2, -0.15) is 13.2 Å². The van der Waals surface area contributed by atoms with Crippen molar-refractivity contribution < 1.29 is 41.3 Å². The number of alkyl halides is 3. The highest BCUT2D eigenvalue weighted by molar-refractivity contribution is 6.32. The Morgan fingerprint density at radius 2 is 1.78 bits per heavy atom. The highest BCUT2D eigenvalue weighted by atomic mass is 35.5. The van der Waals surface area contributed by atoms with E-state index in [0.717, 1.165) is 19.2 Å². The molecule has 0 fully saturated rings. The molecule has 1 unspecified atom stereocenters. The molecule has 36 heavy (non-hydrogen) atoms. The first-order chi connectivity index (χ1) is 16.7. The van der Waals surface area contributed by atoms with Gasteiger partial charge >= 0.3 is 11.9 Å². The van der Waals surface area contributed by atoms with Crippen LogP contribution in [0.3, 0.4) is 0 Å². The number of hydrogen-bond acceptors (Lipinski definition) is 6. The van der Waals surface area contributed by atoms with Crippen molar-refractivity contribution in [3.05, 3.63) is 85.2 Å².